The summed E-state index contributed by atoms with van der Waals surface area (Å²) in [6.07, 6.45) is 2.47. The van der Waals surface area contributed by atoms with Gasteiger partial charge in [0, 0.05) is 28.7 Å². The minimum atomic E-state index is -1.84. The van der Waals surface area contributed by atoms with Crippen LogP contribution in [0.1, 0.15) is 65.7 Å². The number of esters is 1. The summed E-state index contributed by atoms with van der Waals surface area (Å²) in [5.41, 5.74) is 2.37. The molecule has 3 rings (SSSR count). The standard InChI is InChI=1S/C21H22O5/c1-3-5-10-19(22)25-21(26-24)17-9-7-6-8-15(17)20(23)16-13-14(4-2)11-12-18(16)21/h6-9,11-13,24H,3-5,10H2,1-2H3. The minimum Gasteiger partial charge on any atom is -0.421 e. The largest absolute Gasteiger partial charge is 0.421 e. The predicted molar refractivity (Wildman–Crippen MR) is 95.8 cm³/mol. The van der Waals surface area contributed by atoms with Crippen LogP contribution in [0.4, 0.5) is 0 Å². The van der Waals surface area contributed by atoms with Gasteiger partial charge in [0.25, 0.3) is 5.79 Å². The first kappa shape index (κ1) is 18.3. The lowest BCUT2D eigenvalue weighted by atomic mass is 9.79. The number of hydrogen-bond donors (Lipinski definition) is 1. The summed E-state index contributed by atoms with van der Waals surface area (Å²) in [4.78, 5) is 30.1. The molecule has 136 valence electrons. The summed E-state index contributed by atoms with van der Waals surface area (Å²) in [6, 6.07) is 12.0. The highest BCUT2D eigenvalue weighted by molar-refractivity contribution is 6.13. The molecule has 0 heterocycles. The SMILES string of the molecule is CCCCC(=O)OC1(OO)c2ccccc2C(=O)c2cc(CC)ccc21. The lowest BCUT2D eigenvalue weighted by molar-refractivity contribution is -0.384. The molecule has 5 nitrogen and oxygen atoms in total. The molecule has 26 heavy (non-hydrogen) atoms. The molecule has 1 aliphatic carbocycles. The van der Waals surface area contributed by atoms with Crippen molar-refractivity contribution in [3.63, 3.8) is 0 Å². The highest BCUT2D eigenvalue weighted by atomic mass is 17.1. The summed E-state index contributed by atoms with van der Waals surface area (Å²) < 4.78 is 5.64. The quantitative estimate of drug-likeness (QED) is 0.364. The van der Waals surface area contributed by atoms with Crippen molar-refractivity contribution in [2.75, 3.05) is 0 Å². The van der Waals surface area contributed by atoms with Crippen LogP contribution in [0.2, 0.25) is 0 Å². The topological polar surface area (TPSA) is 72.8 Å². The molecule has 1 unspecified atom stereocenters. The Balaban J connectivity index is 2.18. The van der Waals surface area contributed by atoms with E-state index in [1.54, 1.807) is 36.4 Å². The van der Waals surface area contributed by atoms with E-state index >= 15 is 0 Å². The van der Waals surface area contributed by atoms with Crippen molar-refractivity contribution in [2.24, 2.45) is 0 Å². The highest BCUT2D eigenvalue weighted by Gasteiger charge is 2.49. The molecule has 1 atom stereocenters. The summed E-state index contributed by atoms with van der Waals surface area (Å²) in [5, 5.41) is 9.83. The maximum atomic E-state index is 13.0. The molecule has 0 radical (unpaired) electrons. The summed E-state index contributed by atoms with van der Waals surface area (Å²) in [7, 11) is 0. The summed E-state index contributed by atoms with van der Waals surface area (Å²) >= 11 is 0. The van der Waals surface area contributed by atoms with E-state index in [0.29, 0.717) is 28.7 Å². The van der Waals surface area contributed by atoms with Gasteiger partial charge in [0.2, 0.25) is 0 Å². The molecular weight excluding hydrogens is 332 g/mol. The van der Waals surface area contributed by atoms with Crippen LogP contribution >= 0.6 is 0 Å². The van der Waals surface area contributed by atoms with E-state index < -0.39 is 11.8 Å². The van der Waals surface area contributed by atoms with Crippen molar-refractivity contribution in [2.45, 2.75) is 45.3 Å². The zero-order valence-electron chi connectivity index (χ0n) is 15.0. The Morgan fingerprint density at radius 2 is 1.81 bits per heavy atom. The summed E-state index contributed by atoms with van der Waals surface area (Å²) in [5.74, 6) is -2.50. The Kier molecular flexibility index (Phi) is 5.20. The number of ketones is 1. The van der Waals surface area contributed by atoms with Gasteiger partial charge in [0.1, 0.15) is 0 Å². The van der Waals surface area contributed by atoms with Gasteiger partial charge in [-0.25, -0.2) is 5.26 Å². The molecule has 0 spiro atoms. The van der Waals surface area contributed by atoms with Gasteiger partial charge in [-0.15, -0.1) is 0 Å². The number of ether oxygens (including phenoxy) is 1. The van der Waals surface area contributed by atoms with Gasteiger partial charge in [-0.1, -0.05) is 56.7 Å². The normalized spacial score (nSPS) is 18.2. The maximum absolute atomic E-state index is 13.0. The van der Waals surface area contributed by atoms with Crippen molar-refractivity contribution in [1.29, 1.82) is 0 Å². The molecule has 0 aliphatic heterocycles. The van der Waals surface area contributed by atoms with Gasteiger partial charge < -0.3 is 4.74 Å². The van der Waals surface area contributed by atoms with Crippen LogP contribution in [0.25, 0.3) is 0 Å². The number of carbonyl (C=O) groups excluding carboxylic acids is 2. The van der Waals surface area contributed by atoms with Crippen LogP contribution in [0.15, 0.2) is 42.5 Å². The second kappa shape index (κ2) is 7.40. The molecule has 0 bridgehead atoms. The number of rotatable bonds is 6. The maximum Gasteiger partial charge on any atom is 0.308 e. The molecule has 0 amide bonds. The first-order valence-corrected chi connectivity index (χ1v) is 8.89. The first-order valence-electron chi connectivity index (χ1n) is 8.89. The van der Waals surface area contributed by atoms with E-state index in [1.165, 1.54) is 0 Å². The Bertz CT molecular complexity index is 842. The molecule has 0 saturated carbocycles. The van der Waals surface area contributed by atoms with Gasteiger partial charge in [-0.2, -0.15) is 4.89 Å². The first-order chi connectivity index (χ1) is 12.6. The number of benzene rings is 2. The number of unbranched alkanes of at least 4 members (excludes halogenated alkanes) is 1. The van der Waals surface area contributed by atoms with E-state index in [9.17, 15) is 14.8 Å². The fourth-order valence-electron chi connectivity index (χ4n) is 3.30. The van der Waals surface area contributed by atoms with E-state index in [-0.39, 0.29) is 12.2 Å². The third-order valence-electron chi connectivity index (χ3n) is 4.74. The molecule has 5 heteroatoms. The smallest absolute Gasteiger partial charge is 0.308 e. The molecule has 0 fully saturated rings. The predicted octanol–water partition coefficient (Wildman–Crippen LogP) is 4.22. The third kappa shape index (κ3) is 2.93. The van der Waals surface area contributed by atoms with Crippen LogP contribution in [-0.4, -0.2) is 17.0 Å². The molecule has 1 N–H and O–H groups in total. The van der Waals surface area contributed by atoms with Crippen LogP contribution in [0.3, 0.4) is 0 Å². The van der Waals surface area contributed by atoms with E-state index in [1.807, 2.05) is 19.9 Å². The molecule has 2 aromatic rings. The van der Waals surface area contributed by atoms with Crippen molar-refractivity contribution >= 4 is 11.8 Å². The van der Waals surface area contributed by atoms with E-state index in [2.05, 4.69) is 0 Å². The second-order valence-corrected chi connectivity index (χ2v) is 6.39. The van der Waals surface area contributed by atoms with E-state index in [4.69, 9.17) is 9.62 Å². The number of carbonyl (C=O) groups is 2. The van der Waals surface area contributed by atoms with Crippen LogP contribution < -0.4 is 0 Å². The highest BCUT2D eigenvalue weighted by Crippen LogP contribution is 2.43. The zero-order chi connectivity index (χ0) is 18.7. The van der Waals surface area contributed by atoms with Crippen molar-refractivity contribution < 1.29 is 24.5 Å². The number of hydrogen-bond acceptors (Lipinski definition) is 5. The Morgan fingerprint density at radius 1 is 1.08 bits per heavy atom. The molecular formula is C21H22O5. The third-order valence-corrected chi connectivity index (χ3v) is 4.74. The Labute approximate surface area is 152 Å². The van der Waals surface area contributed by atoms with Crippen LogP contribution in [0.5, 0.6) is 0 Å². The van der Waals surface area contributed by atoms with Gasteiger partial charge in [0.05, 0.1) is 0 Å². The average Bonchev–Trinajstić information content (AvgIpc) is 2.69. The van der Waals surface area contributed by atoms with Crippen molar-refractivity contribution in [1.82, 2.24) is 0 Å². The lowest BCUT2D eigenvalue weighted by Crippen LogP contribution is -2.41. The monoisotopic (exact) mass is 354 g/mol. The minimum absolute atomic E-state index is 0.178. The number of fused-ring (bicyclic) bond motifs is 2. The Morgan fingerprint density at radius 3 is 2.50 bits per heavy atom. The molecule has 1 aliphatic rings. The Hall–Kier alpha value is -2.50. The fourth-order valence-corrected chi connectivity index (χ4v) is 3.30. The van der Waals surface area contributed by atoms with Gasteiger partial charge in [-0.3, -0.25) is 9.59 Å². The van der Waals surface area contributed by atoms with Crippen molar-refractivity contribution in [3.05, 3.63) is 70.3 Å². The second-order valence-electron chi connectivity index (χ2n) is 6.39. The zero-order valence-corrected chi connectivity index (χ0v) is 15.0. The summed E-state index contributed by atoms with van der Waals surface area (Å²) in [6.45, 7) is 3.96. The van der Waals surface area contributed by atoms with Gasteiger partial charge in [0.15, 0.2) is 5.78 Å². The fraction of sp³-hybridized carbons (Fsp3) is 0.333. The van der Waals surface area contributed by atoms with Gasteiger partial charge in [-0.05, 0) is 24.5 Å². The molecule has 0 saturated heterocycles. The molecule has 0 aromatic heterocycles. The van der Waals surface area contributed by atoms with Crippen LogP contribution in [-0.2, 0) is 26.6 Å². The van der Waals surface area contributed by atoms with Crippen LogP contribution in [0, 0.1) is 0 Å². The van der Waals surface area contributed by atoms with E-state index in [0.717, 1.165) is 18.4 Å². The average molecular weight is 354 g/mol. The van der Waals surface area contributed by atoms with Crippen molar-refractivity contribution in [3.8, 4) is 0 Å². The number of aryl methyl sites for hydroxylation is 1. The van der Waals surface area contributed by atoms with Gasteiger partial charge >= 0.3 is 5.97 Å². The lowest BCUT2D eigenvalue weighted by Gasteiger charge is -2.36. The molecule has 2 aromatic carbocycles.